The highest BCUT2D eigenvalue weighted by Crippen LogP contribution is 2.22. The van der Waals surface area contributed by atoms with Gasteiger partial charge in [0.05, 0.1) is 5.56 Å². The smallest absolute Gasteiger partial charge is 0.253 e. The molecule has 0 spiro atoms. The maximum atomic E-state index is 12.2. The average molecular weight is 334 g/mol. The van der Waals surface area contributed by atoms with Gasteiger partial charge < -0.3 is 15.6 Å². The van der Waals surface area contributed by atoms with E-state index < -0.39 is 0 Å². The number of aromatic amines is 1. The van der Waals surface area contributed by atoms with Gasteiger partial charge in [0.1, 0.15) is 0 Å². The van der Waals surface area contributed by atoms with Crippen molar-refractivity contribution in [2.45, 2.75) is 38.1 Å². The Morgan fingerprint density at radius 3 is 2.83 bits per heavy atom. The van der Waals surface area contributed by atoms with Crippen molar-refractivity contribution in [3.8, 4) is 0 Å². The fourth-order valence-corrected chi connectivity index (χ4v) is 3.21. The SMILES string of the molecule is O=C(CCNC(=O)c1c[nH]c2cc(Cl)ccc12)NC1CCCC1. The van der Waals surface area contributed by atoms with Gasteiger partial charge in [-0.05, 0) is 25.0 Å². The summed E-state index contributed by atoms with van der Waals surface area (Å²) in [7, 11) is 0. The number of benzene rings is 1. The van der Waals surface area contributed by atoms with Crippen molar-refractivity contribution in [2.24, 2.45) is 0 Å². The Kier molecular flexibility index (Phi) is 4.86. The summed E-state index contributed by atoms with van der Waals surface area (Å²) in [5.41, 5.74) is 1.38. The van der Waals surface area contributed by atoms with Gasteiger partial charge in [-0.15, -0.1) is 0 Å². The highest BCUT2D eigenvalue weighted by molar-refractivity contribution is 6.31. The van der Waals surface area contributed by atoms with Crippen LogP contribution in [-0.2, 0) is 4.79 Å². The van der Waals surface area contributed by atoms with E-state index in [2.05, 4.69) is 15.6 Å². The minimum atomic E-state index is -0.188. The maximum Gasteiger partial charge on any atom is 0.253 e. The number of carbonyl (C=O) groups is 2. The second-order valence-electron chi connectivity index (χ2n) is 5.95. The molecule has 1 aliphatic carbocycles. The summed E-state index contributed by atoms with van der Waals surface area (Å²) in [4.78, 5) is 27.1. The molecule has 122 valence electrons. The molecule has 0 unspecified atom stereocenters. The van der Waals surface area contributed by atoms with Gasteiger partial charge in [0.2, 0.25) is 5.91 Å². The minimum absolute atomic E-state index is 0.00269. The molecular weight excluding hydrogens is 314 g/mol. The summed E-state index contributed by atoms with van der Waals surface area (Å²) >= 11 is 5.93. The molecule has 1 saturated carbocycles. The van der Waals surface area contributed by atoms with Gasteiger partial charge in [-0.25, -0.2) is 0 Å². The van der Waals surface area contributed by atoms with Gasteiger partial charge in [-0.2, -0.15) is 0 Å². The van der Waals surface area contributed by atoms with Crippen molar-refractivity contribution >= 4 is 34.3 Å². The highest BCUT2D eigenvalue weighted by atomic mass is 35.5. The molecule has 0 radical (unpaired) electrons. The monoisotopic (exact) mass is 333 g/mol. The van der Waals surface area contributed by atoms with Crippen LogP contribution in [0.15, 0.2) is 24.4 Å². The molecule has 2 amide bonds. The molecule has 0 aliphatic heterocycles. The maximum absolute atomic E-state index is 12.2. The van der Waals surface area contributed by atoms with Crippen molar-refractivity contribution in [1.29, 1.82) is 0 Å². The molecule has 3 rings (SSSR count). The van der Waals surface area contributed by atoms with Crippen molar-refractivity contribution in [3.63, 3.8) is 0 Å². The lowest BCUT2D eigenvalue weighted by Crippen LogP contribution is -2.35. The quantitative estimate of drug-likeness (QED) is 0.787. The van der Waals surface area contributed by atoms with Crippen LogP contribution in [0.4, 0.5) is 0 Å². The van der Waals surface area contributed by atoms with E-state index >= 15 is 0 Å². The summed E-state index contributed by atoms with van der Waals surface area (Å²) in [5, 5.41) is 7.25. The van der Waals surface area contributed by atoms with Crippen molar-refractivity contribution in [2.75, 3.05) is 6.54 Å². The predicted molar refractivity (Wildman–Crippen MR) is 90.7 cm³/mol. The third-order valence-electron chi connectivity index (χ3n) is 4.25. The zero-order valence-electron chi connectivity index (χ0n) is 12.8. The molecule has 0 bridgehead atoms. The number of amides is 2. The molecule has 23 heavy (non-hydrogen) atoms. The Morgan fingerprint density at radius 1 is 1.26 bits per heavy atom. The van der Waals surface area contributed by atoms with Crippen LogP contribution in [0.2, 0.25) is 5.02 Å². The number of rotatable bonds is 5. The lowest BCUT2D eigenvalue weighted by Gasteiger charge is -2.11. The Balaban J connectivity index is 1.51. The minimum Gasteiger partial charge on any atom is -0.360 e. The van der Waals surface area contributed by atoms with Gasteiger partial charge >= 0.3 is 0 Å². The molecule has 1 aliphatic rings. The molecule has 1 aromatic carbocycles. The Hall–Kier alpha value is -2.01. The molecule has 1 aromatic heterocycles. The van der Waals surface area contributed by atoms with Crippen LogP contribution < -0.4 is 10.6 Å². The third kappa shape index (κ3) is 3.85. The molecule has 0 saturated heterocycles. The lowest BCUT2D eigenvalue weighted by atomic mass is 10.1. The number of halogens is 1. The molecule has 0 atom stereocenters. The number of nitrogens with one attached hydrogen (secondary N) is 3. The van der Waals surface area contributed by atoms with E-state index in [1.165, 1.54) is 12.8 Å². The van der Waals surface area contributed by atoms with Crippen LogP contribution >= 0.6 is 11.6 Å². The summed E-state index contributed by atoms with van der Waals surface area (Å²) < 4.78 is 0. The van der Waals surface area contributed by atoms with Crippen LogP contribution in [-0.4, -0.2) is 29.4 Å². The van der Waals surface area contributed by atoms with Gasteiger partial charge in [0.25, 0.3) is 5.91 Å². The fourth-order valence-electron chi connectivity index (χ4n) is 3.04. The van der Waals surface area contributed by atoms with E-state index in [4.69, 9.17) is 11.6 Å². The zero-order chi connectivity index (χ0) is 16.2. The molecule has 5 nitrogen and oxygen atoms in total. The number of H-pyrrole nitrogens is 1. The second-order valence-corrected chi connectivity index (χ2v) is 6.38. The first-order chi connectivity index (χ1) is 11.1. The second kappa shape index (κ2) is 7.04. The molecular formula is C17H20ClN3O2. The van der Waals surface area contributed by atoms with E-state index in [-0.39, 0.29) is 11.8 Å². The molecule has 3 N–H and O–H groups in total. The topological polar surface area (TPSA) is 74.0 Å². The first-order valence-corrected chi connectivity index (χ1v) is 8.35. The fraction of sp³-hybridized carbons (Fsp3) is 0.412. The van der Waals surface area contributed by atoms with E-state index in [1.54, 1.807) is 18.3 Å². The van der Waals surface area contributed by atoms with Crippen LogP contribution in [0, 0.1) is 0 Å². The summed E-state index contributed by atoms with van der Waals surface area (Å²) in [6.07, 6.45) is 6.47. The lowest BCUT2D eigenvalue weighted by molar-refractivity contribution is -0.121. The van der Waals surface area contributed by atoms with Crippen LogP contribution in [0.1, 0.15) is 42.5 Å². The van der Waals surface area contributed by atoms with Crippen molar-refractivity contribution in [1.82, 2.24) is 15.6 Å². The van der Waals surface area contributed by atoms with Gasteiger partial charge in [0, 0.05) is 41.1 Å². The Morgan fingerprint density at radius 2 is 2.04 bits per heavy atom. The number of hydrogen-bond acceptors (Lipinski definition) is 2. The molecule has 2 aromatic rings. The van der Waals surface area contributed by atoms with Crippen LogP contribution in [0.25, 0.3) is 10.9 Å². The number of aromatic nitrogens is 1. The molecule has 1 fully saturated rings. The summed E-state index contributed by atoms with van der Waals surface area (Å²) in [6.45, 7) is 0.331. The summed E-state index contributed by atoms with van der Waals surface area (Å²) in [6, 6.07) is 5.67. The third-order valence-corrected chi connectivity index (χ3v) is 4.48. The van der Waals surface area contributed by atoms with E-state index in [0.29, 0.717) is 29.6 Å². The molecule has 6 heteroatoms. The standard InChI is InChI=1S/C17H20ClN3O2/c18-11-5-6-13-14(10-20-15(13)9-11)17(23)19-8-7-16(22)21-12-3-1-2-4-12/h5-6,9-10,12,20H,1-4,7-8H2,(H,19,23)(H,21,22). The largest absolute Gasteiger partial charge is 0.360 e. The highest BCUT2D eigenvalue weighted by Gasteiger charge is 2.17. The first kappa shape index (κ1) is 15.9. The molecule has 1 heterocycles. The number of carbonyl (C=O) groups excluding carboxylic acids is 2. The first-order valence-electron chi connectivity index (χ1n) is 7.97. The Labute approximate surface area is 139 Å². The van der Waals surface area contributed by atoms with E-state index in [9.17, 15) is 9.59 Å². The normalized spacial score (nSPS) is 15.0. The van der Waals surface area contributed by atoms with Crippen LogP contribution in [0.5, 0.6) is 0 Å². The zero-order valence-corrected chi connectivity index (χ0v) is 13.6. The Bertz CT molecular complexity index is 720. The number of fused-ring (bicyclic) bond motifs is 1. The van der Waals surface area contributed by atoms with Crippen molar-refractivity contribution in [3.05, 3.63) is 35.0 Å². The van der Waals surface area contributed by atoms with E-state index in [1.807, 2.05) is 6.07 Å². The number of hydrogen-bond donors (Lipinski definition) is 3. The van der Waals surface area contributed by atoms with Gasteiger partial charge in [-0.1, -0.05) is 30.5 Å². The summed E-state index contributed by atoms with van der Waals surface area (Å²) in [5.74, 6) is -0.185. The van der Waals surface area contributed by atoms with Crippen molar-refractivity contribution < 1.29 is 9.59 Å². The van der Waals surface area contributed by atoms with E-state index in [0.717, 1.165) is 23.7 Å². The predicted octanol–water partition coefficient (Wildman–Crippen LogP) is 3.00. The van der Waals surface area contributed by atoms with Gasteiger partial charge in [-0.3, -0.25) is 9.59 Å². The average Bonchev–Trinajstić information content (AvgIpc) is 3.15. The van der Waals surface area contributed by atoms with Crippen LogP contribution in [0.3, 0.4) is 0 Å². The van der Waals surface area contributed by atoms with Gasteiger partial charge in [0.15, 0.2) is 0 Å².